The molecule has 188 valence electrons. The molecule has 0 saturated carbocycles. The zero-order valence-electron chi connectivity index (χ0n) is 18.6. The number of carbonyl (C=O) groups is 4. The summed E-state index contributed by atoms with van der Waals surface area (Å²) >= 11 is 18.0. The Bertz CT molecular complexity index is 1460. The van der Waals surface area contributed by atoms with Gasteiger partial charge in [0.05, 0.1) is 15.7 Å². The second-order valence-corrected chi connectivity index (χ2v) is 8.83. The summed E-state index contributed by atoms with van der Waals surface area (Å²) < 4.78 is 18.6. The summed E-state index contributed by atoms with van der Waals surface area (Å²) in [6.45, 7) is -0.441. The van der Waals surface area contributed by atoms with E-state index in [-0.39, 0.29) is 32.1 Å². The maximum absolute atomic E-state index is 13.2. The summed E-state index contributed by atoms with van der Waals surface area (Å²) in [5, 5.41) is 5.22. The highest BCUT2D eigenvalue weighted by Crippen LogP contribution is 2.31. The van der Waals surface area contributed by atoms with Crippen molar-refractivity contribution in [3.63, 3.8) is 0 Å². The van der Waals surface area contributed by atoms with Gasteiger partial charge in [-0.05, 0) is 66.7 Å². The maximum atomic E-state index is 13.2. The van der Waals surface area contributed by atoms with E-state index in [0.717, 1.165) is 4.90 Å². The molecular formula is C25H15Cl3FN3O5. The lowest BCUT2D eigenvalue weighted by atomic mass is 10.1. The quantitative estimate of drug-likeness (QED) is 0.306. The smallest absolute Gasteiger partial charge is 0.335 e. The molecule has 1 fully saturated rings. The molecule has 1 aliphatic rings. The van der Waals surface area contributed by atoms with Crippen LogP contribution >= 0.6 is 34.8 Å². The first-order valence-corrected chi connectivity index (χ1v) is 11.6. The molecule has 8 nitrogen and oxygen atoms in total. The van der Waals surface area contributed by atoms with Crippen molar-refractivity contribution in [3.8, 4) is 5.75 Å². The van der Waals surface area contributed by atoms with Crippen LogP contribution in [0.1, 0.15) is 5.56 Å². The van der Waals surface area contributed by atoms with Crippen molar-refractivity contribution < 1.29 is 28.3 Å². The highest BCUT2D eigenvalue weighted by Gasteiger charge is 2.37. The van der Waals surface area contributed by atoms with Crippen LogP contribution in [-0.4, -0.2) is 30.4 Å². The van der Waals surface area contributed by atoms with Crippen molar-refractivity contribution in [2.45, 2.75) is 0 Å². The van der Waals surface area contributed by atoms with E-state index >= 15 is 0 Å². The molecule has 37 heavy (non-hydrogen) atoms. The predicted octanol–water partition coefficient (Wildman–Crippen LogP) is 5.47. The molecule has 1 aliphatic heterocycles. The van der Waals surface area contributed by atoms with E-state index < -0.39 is 41.7 Å². The number of nitrogens with zero attached hydrogens (tertiary/aromatic N) is 1. The van der Waals surface area contributed by atoms with E-state index in [1.807, 2.05) is 0 Å². The van der Waals surface area contributed by atoms with E-state index in [2.05, 4.69) is 10.6 Å². The summed E-state index contributed by atoms with van der Waals surface area (Å²) in [7, 11) is 0. The minimum absolute atomic E-state index is 0.0929. The molecular weight excluding hydrogens is 548 g/mol. The van der Waals surface area contributed by atoms with Gasteiger partial charge in [0.25, 0.3) is 17.7 Å². The number of urea groups is 1. The van der Waals surface area contributed by atoms with E-state index in [9.17, 15) is 23.6 Å². The van der Waals surface area contributed by atoms with Crippen LogP contribution in [0.4, 0.5) is 20.6 Å². The van der Waals surface area contributed by atoms with Crippen LogP contribution in [-0.2, 0) is 14.4 Å². The molecule has 0 bridgehead atoms. The molecule has 3 aromatic rings. The number of halogens is 4. The minimum Gasteiger partial charge on any atom is -0.483 e. The number of nitrogens with one attached hydrogen (secondary N) is 2. The molecule has 1 saturated heterocycles. The maximum Gasteiger partial charge on any atom is 0.335 e. The molecule has 12 heteroatoms. The normalized spacial score (nSPS) is 14.5. The number of hydrogen-bond acceptors (Lipinski definition) is 5. The summed E-state index contributed by atoms with van der Waals surface area (Å²) in [5.74, 6) is -2.72. The highest BCUT2D eigenvalue weighted by atomic mass is 35.5. The van der Waals surface area contributed by atoms with Gasteiger partial charge in [-0.3, -0.25) is 19.7 Å². The first kappa shape index (κ1) is 26.2. The third kappa shape index (κ3) is 6.08. The molecule has 0 aromatic heterocycles. The Labute approximate surface area is 224 Å². The summed E-state index contributed by atoms with van der Waals surface area (Å²) in [6, 6.07) is 12.7. The SMILES string of the molecule is O=C(COc1ccc(Cl)cc1/C=C1/C(=O)NC(=O)N(c2ccc(Cl)c(Cl)c2)C1=O)Nc1ccc(F)cc1. The van der Waals surface area contributed by atoms with Gasteiger partial charge in [0.2, 0.25) is 0 Å². The largest absolute Gasteiger partial charge is 0.483 e. The number of benzene rings is 3. The lowest BCUT2D eigenvalue weighted by molar-refractivity contribution is -0.122. The van der Waals surface area contributed by atoms with Crippen LogP contribution in [0, 0.1) is 5.82 Å². The van der Waals surface area contributed by atoms with Gasteiger partial charge in [-0.15, -0.1) is 0 Å². The van der Waals surface area contributed by atoms with Gasteiger partial charge in [0, 0.05) is 16.3 Å². The molecule has 0 spiro atoms. The molecule has 2 N–H and O–H groups in total. The standard InChI is InChI=1S/C25H15Cl3FN3O5/c26-14-1-8-21(37-12-22(33)30-16-4-2-15(29)3-5-16)13(9-14)10-18-23(34)31-25(36)32(24(18)35)17-6-7-19(27)20(28)11-17/h1-11H,12H2,(H,30,33)(H,31,34,36)/b18-10-. The Morgan fingerprint density at radius 1 is 0.973 bits per heavy atom. The van der Waals surface area contributed by atoms with Crippen LogP contribution in [0.5, 0.6) is 5.75 Å². The number of imide groups is 2. The monoisotopic (exact) mass is 561 g/mol. The van der Waals surface area contributed by atoms with Gasteiger partial charge in [0.15, 0.2) is 6.61 Å². The molecule has 0 radical (unpaired) electrons. The number of rotatable bonds is 6. The zero-order valence-corrected chi connectivity index (χ0v) is 20.8. The Balaban J connectivity index is 1.58. The Kier molecular flexibility index (Phi) is 7.77. The number of amides is 5. The van der Waals surface area contributed by atoms with Gasteiger partial charge in [-0.25, -0.2) is 14.1 Å². The summed E-state index contributed by atoms with van der Waals surface area (Å²) in [4.78, 5) is 51.2. The number of carbonyl (C=O) groups excluding carboxylic acids is 4. The highest BCUT2D eigenvalue weighted by molar-refractivity contribution is 6.43. The summed E-state index contributed by atoms with van der Waals surface area (Å²) in [6.07, 6.45) is 1.19. The van der Waals surface area contributed by atoms with E-state index in [1.165, 1.54) is 66.7 Å². The predicted molar refractivity (Wildman–Crippen MR) is 137 cm³/mol. The van der Waals surface area contributed by atoms with Crippen LogP contribution in [0.2, 0.25) is 15.1 Å². The van der Waals surface area contributed by atoms with Gasteiger partial charge in [-0.1, -0.05) is 34.8 Å². The van der Waals surface area contributed by atoms with Crippen molar-refractivity contribution in [3.05, 3.63) is 92.7 Å². The summed E-state index contributed by atoms with van der Waals surface area (Å²) in [5.41, 5.74) is 0.262. The third-order valence-corrected chi connectivity index (χ3v) is 6.00. The van der Waals surface area contributed by atoms with Crippen LogP contribution in [0.15, 0.2) is 66.2 Å². The number of hydrogen-bond donors (Lipinski definition) is 2. The molecule has 4 rings (SSSR count). The Morgan fingerprint density at radius 3 is 2.41 bits per heavy atom. The first-order valence-electron chi connectivity index (χ1n) is 10.5. The lowest BCUT2D eigenvalue weighted by Crippen LogP contribution is -2.54. The van der Waals surface area contributed by atoms with Gasteiger partial charge in [-0.2, -0.15) is 0 Å². The molecule has 5 amide bonds. The Morgan fingerprint density at radius 2 is 1.70 bits per heavy atom. The fourth-order valence-corrected chi connectivity index (χ4v) is 3.78. The Hall–Kier alpha value is -3.92. The first-order chi connectivity index (χ1) is 17.6. The van der Waals surface area contributed by atoms with E-state index in [0.29, 0.717) is 5.69 Å². The average Bonchev–Trinajstić information content (AvgIpc) is 2.84. The van der Waals surface area contributed by atoms with Crippen molar-refractivity contribution in [2.24, 2.45) is 0 Å². The third-order valence-electron chi connectivity index (χ3n) is 5.02. The van der Waals surface area contributed by atoms with Crippen molar-refractivity contribution in [2.75, 3.05) is 16.8 Å². The van der Waals surface area contributed by atoms with Gasteiger partial charge >= 0.3 is 6.03 Å². The van der Waals surface area contributed by atoms with Crippen LogP contribution in [0.3, 0.4) is 0 Å². The van der Waals surface area contributed by atoms with E-state index in [1.54, 1.807) is 0 Å². The van der Waals surface area contributed by atoms with Crippen molar-refractivity contribution in [1.82, 2.24) is 5.32 Å². The molecule has 0 aliphatic carbocycles. The number of ether oxygens (including phenoxy) is 1. The number of anilines is 2. The van der Waals surface area contributed by atoms with Crippen LogP contribution < -0.4 is 20.3 Å². The average molecular weight is 563 g/mol. The molecule has 0 atom stereocenters. The second kappa shape index (κ2) is 11.0. The number of barbiturate groups is 1. The van der Waals surface area contributed by atoms with Crippen molar-refractivity contribution in [1.29, 1.82) is 0 Å². The van der Waals surface area contributed by atoms with Crippen molar-refractivity contribution >= 4 is 76.0 Å². The van der Waals surface area contributed by atoms with Gasteiger partial charge < -0.3 is 10.1 Å². The zero-order chi connectivity index (χ0) is 26.7. The van der Waals surface area contributed by atoms with Crippen LogP contribution in [0.25, 0.3) is 6.08 Å². The molecule has 3 aromatic carbocycles. The lowest BCUT2D eigenvalue weighted by Gasteiger charge is -2.26. The fraction of sp³-hybridized carbons (Fsp3) is 0.0400. The van der Waals surface area contributed by atoms with Gasteiger partial charge in [0.1, 0.15) is 17.1 Å². The fourth-order valence-electron chi connectivity index (χ4n) is 3.31. The minimum atomic E-state index is -0.967. The topological polar surface area (TPSA) is 105 Å². The van der Waals surface area contributed by atoms with E-state index in [4.69, 9.17) is 39.5 Å². The second-order valence-electron chi connectivity index (χ2n) is 7.58. The molecule has 1 heterocycles. The molecule has 0 unspecified atom stereocenters.